The molecule has 2 fully saturated rings. The maximum Gasteiger partial charge on any atom is 0.323 e. The number of rotatable bonds is 18. The Bertz CT molecular complexity index is 2870. The molecular weight excluding hydrogens is 839 g/mol. The van der Waals surface area contributed by atoms with Crippen LogP contribution in [0.5, 0.6) is 11.5 Å². The molecule has 17 heteroatoms. The molecule has 0 saturated carbocycles. The van der Waals surface area contributed by atoms with Crippen molar-refractivity contribution in [1.82, 2.24) is 4.58 Å². The molecule has 4 aromatic carbocycles. The van der Waals surface area contributed by atoms with E-state index in [0.717, 1.165) is 55.0 Å². The Balaban J connectivity index is 1.09. The van der Waals surface area contributed by atoms with Crippen LogP contribution < -0.4 is 44.5 Å². The van der Waals surface area contributed by atoms with Crippen molar-refractivity contribution in [1.29, 1.82) is 0 Å². The van der Waals surface area contributed by atoms with Crippen LogP contribution in [0.15, 0.2) is 101 Å². The molecule has 8 rings (SSSR count). The molecule has 4 N–H and O–H groups in total. The third-order valence-electron chi connectivity index (χ3n) is 11.4. The Hall–Kier alpha value is -8.08. The molecule has 65 heavy (non-hydrogen) atoms. The minimum atomic E-state index is -1.42. The maximum absolute atomic E-state index is 14.1. The zero-order valence-corrected chi connectivity index (χ0v) is 35.3. The number of hydrogen-bond acceptors (Lipinski definition) is 12. The second-order valence-corrected chi connectivity index (χ2v) is 15.8. The lowest BCUT2D eigenvalue weighted by atomic mass is 9.89. The monoisotopic (exact) mass is 883 g/mol. The summed E-state index contributed by atoms with van der Waals surface area (Å²) in [6.45, 7) is 1.94. The van der Waals surface area contributed by atoms with Crippen molar-refractivity contribution in [3.63, 3.8) is 0 Å². The van der Waals surface area contributed by atoms with E-state index in [2.05, 4.69) is 14.8 Å². The summed E-state index contributed by atoms with van der Waals surface area (Å²) in [6, 6.07) is 27.0. The average molecular weight is 884 g/mol. The van der Waals surface area contributed by atoms with Gasteiger partial charge in [0.1, 0.15) is 68.8 Å². The van der Waals surface area contributed by atoms with Crippen LogP contribution in [-0.2, 0) is 14.4 Å². The summed E-state index contributed by atoms with van der Waals surface area (Å²) in [5.74, 6) is -4.59. The Morgan fingerprint density at radius 1 is 0.754 bits per heavy atom. The minimum Gasteiger partial charge on any atom is -0.545 e. The van der Waals surface area contributed by atoms with Crippen LogP contribution >= 0.6 is 0 Å². The van der Waals surface area contributed by atoms with E-state index in [1.165, 1.54) is 35.2 Å². The van der Waals surface area contributed by atoms with Crippen molar-refractivity contribution in [2.75, 3.05) is 86.1 Å². The molecule has 0 unspecified atom stereocenters. The van der Waals surface area contributed by atoms with E-state index < -0.39 is 42.9 Å². The van der Waals surface area contributed by atoms with Crippen molar-refractivity contribution in [3.05, 3.63) is 114 Å². The predicted octanol–water partition coefficient (Wildman–Crippen LogP) is 4.16. The number of carboxylic acids is 4. The normalized spacial score (nSPS) is 13.1. The number of fused-ring (bicyclic) bond motifs is 2. The van der Waals surface area contributed by atoms with Crippen LogP contribution in [0.25, 0.3) is 33.4 Å². The van der Waals surface area contributed by atoms with Crippen molar-refractivity contribution in [3.8, 4) is 33.9 Å². The zero-order chi connectivity index (χ0) is 45.8. The first-order chi connectivity index (χ1) is 31.3. The number of nitrogens with one attached hydrogen (secondary N) is 1. The molecule has 0 bridgehead atoms. The van der Waals surface area contributed by atoms with Gasteiger partial charge in [-0.1, -0.05) is 18.2 Å². The third-order valence-corrected chi connectivity index (χ3v) is 11.4. The Morgan fingerprint density at radius 2 is 1.48 bits per heavy atom. The largest absolute Gasteiger partial charge is 0.545 e. The number of ether oxygens (including phenoxy) is 2. The summed E-state index contributed by atoms with van der Waals surface area (Å²) in [7, 11) is 1.56. The first-order valence-corrected chi connectivity index (χ1v) is 20.9. The van der Waals surface area contributed by atoms with Gasteiger partial charge in [-0.25, -0.2) is 4.58 Å². The molecule has 0 atom stereocenters. The van der Waals surface area contributed by atoms with E-state index in [9.17, 15) is 44.4 Å². The van der Waals surface area contributed by atoms with Crippen molar-refractivity contribution < 1.29 is 58.3 Å². The van der Waals surface area contributed by atoms with Crippen molar-refractivity contribution >= 4 is 63.5 Å². The summed E-state index contributed by atoms with van der Waals surface area (Å²) < 4.78 is 20.8. The fourth-order valence-electron chi connectivity index (χ4n) is 7.98. The number of carboxylic acid groups (broad SMARTS) is 4. The number of carbonyl (C=O) groups is 5. The SMILES string of the molecule is CN(CC(=O)O)c1ccc(NC(=O)c2ccc(C(=O)[O-])c(-c3c4ccc(=[N+]5CCC5)cc-4oc4cc(N5CCC5)ccc34)c2)cc1OCCOc1ccccc1N(CC(=O)O)CC(=O)O. The fourth-order valence-corrected chi connectivity index (χ4v) is 7.98. The first kappa shape index (κ1) is 43.6. The molecule has 0 aromatic heterocycles. The smallest absolute Gasteiger partial charge is 0.323 e. The highest BCUT2D eigenvalue weighted by atomic mass is 16.5. The molecular formula is C48H45N5O12. The van der Waals surface area contributed by atoms with Gasteiger partial charge in [0.2, 0.25) is 5.36 Å². The summed E-state index contributed by atoms with van der Waals surface area (Å²) in [6.07, 6.45) is 2.17. The molecule has 4 aromatic rings. The maximum atomic E-state index is 14.1. The van der Waals surface area contributed by atoms with Crippen LogP contribution in [0.3, 0.4) is 0 Å². The van der Waals surface area contributed by atoms with Crippen LogP contribution in [-0.4, -0.2) is 111 Å². The van der Waals surface area contributed by atoms with E-state index in [4.69, 9.17) is 13.9 Å². The number of para-hydroxylation sites is 2. The molecule has 4 aliphatic rings. The van der Waals surface area contributed by atoms with Crippen LogP contribution in [0.2, 0.25) is 0 Å². The summed E-state index contributed by atoms with van der Waals surface area (Å²) in [5, 5.41) is 45.6. The van der Waals surface area contributed by atoms with Gasteiger partial charge in [0.25, 0.3) is 5.91 Å². The topological polar surface area (TPSA) is 225 Å². The standard InChI is InChI=1S/C48H45N5O12/c1-50(26-43(54)55)37-15-9-30(23-42(37)64-21-20-63-39-7-3-2-6-38(39)53(27-44(56)57)28-45(58)59)49-47(60)29-8-12-33(48(61)62)36(22-29)46-34-13-10-31(51-16-4-17-51)24-40(34)65-41-25-32(11-14-35(41)46)52-18-5-19-52/h2-3,6-15,22-25H,4-5,16-21,26-28H2,1H3,(H4-,49,54,55,56,57,58,59,60,61,62). The van der Waals surface area contributed by atoms with Crippen LogP contribution in [0.4, 0.5) is 22.7 Å². The lowest BCUT2D eigenvalue weighted by Crippen LogP contribution is -2.40. The first-order valence-electron chi connectivity index (χ1n) is 20.9. The lowest BCUT2D eigenvalue weighted by molar-refractivity contribution is -0.255. The predicted molar refractivity (Wildman–Crippen MR) is 239 cm³/mol. The number of hydrogen-bond donors (Lipinski definition) is 4. The van der Waals surface area contributed by atoms with E-state index in [1.807, 2.05) is 36.4 Å². The van der Waals surface area contributed by atoms with Gasteiger partial charge in [0, 0.05) is 77.4 Å². The number of aromatic carboxylic acids is 1. The Labute approximate surface area is 371 Å². The molecule has 17 nitrogen and oxygen atoms in total. The quantitative estimate of drug-likeness (QED) is 0.0540. The molecule has 0 radical (unpaired) electrons. The molecule has 334 valence electrons. The lowest BCUT2D eigenvalue weighted by Gasteiger charge is -2.33. The second kappa shape index (κ2) is 18.7. The Kier molecular flexibility index (Phi) is 12.5. The average Bonchev–Trinajstić information content (AvgIpc) is 3.22. The second-order valence-electron chi connectivity index (χ2n) is 15.8. The van der Waals surface area contributed by atoms with Crippen molar-refractivity contribution in [2.24, 2.45) is 0 Å². The van der Waals surface area contributed by atoms with E-state index in [1.54, 1.807) is 37.4 Å². The molecule has 0 spiro atoms. The summed E-state index contributed by atoms with van der Waals surface area (Å²) in [5.41, 5.74) is 3.98. The number of aliphatic carboxylic acids is 3. The van der Waals surface area contributed by atoms with Gasteiger partial charge < -0.3 is 59.1 Å². The number of amides is 1. The van der Waals surface area contributed by atoms with E-state index >= 15 is 0 Å². The number of anilines is 4. The number of likely N-dealkylation sites (N-methyl/N-ethyl adjacent to an activating group) is 1. The summed E-state index contributed by atoms with van der Waals surface area (Å²) in [4.78, 5) is 66.4. The molecule has 1 amide bonds. The van der Waals surface area contributed by atoms with Gasteiger partial charge in [-0.05, 0) is 66.6 Å². The third kappa shape index (κ3) is 9.63. The summed E-state index contributed by atoms with van der Waals surface area (Å²) >= 11 is 0. The highest BCUT2D eigenvalue weighted by Gasteiger charge is 2.26. The fraction of sp³-hybridized carbons (Fsp3) is 0.250. The van der Waals surface area contributed by atoms with Gasteiger partial charge in [0.05, 0.1) is 29.8 Å². The van der Waals surface area contributed by atoms with E-state index in [-0.39, 0.29) is 59.3 Å². The van der Waals surface area contributed by atoms with Gasteiger partial charge >= 0.3 is 17.9 Å². The van der Waals surface area contributed by atoms with E-state index in [0.29, 0.717) is 33.5 Å². The highest BCUT2D eigenvalue weighted by Crippen LogP contribution is 2.43. The highest BCUT2D eigenvalue weighted by molar-refractivity contribution is 6.11. The van der Waals surface area contributed by atoms with Gasteiger partial charge in [0.15, 0.2) is 0 Å². The van der Waals surface area contributed by atoms with Gasteiger partial charge in [-0.15, -0.1) is 0 Å². The van der Waals surface area contributed by atoms with Gasteiger partial charge in [-0.3, -0.25) is 19.2 Å². The van der Waals surface area contributed by atoms with Crippen LogP contribution in [0, 0.1) is 0 Å². The molecule has 1 aliphatic carbocycles. The van der Waals surface area contributed by atoms with Crippen LogP contribution in [0.1, 0.15) is 33.6 Å². The molecule has 2 saturated heterocycles. The number of benzene rings is 5. The Morgan fingerprint density at radius 3 is 2.14 bits per heavy atom. The van der Waals surface area contributed by atoms with Gasteiger partial charge in [-0.2, -0.15) is 0 Å². The molecule has 3 aliphatic heterocycles. The number of nitrogens with zero attached hydrogens (tertiary/aromatic N) is 4. The number of carbonyl (C=O) groups excluding carboxylic acids is 2. The zero-order valence-electron chi connectivity index (χ0n) is 35.3. The minimum absolute atomic E-state index is 0.0908. The molecule has 3 heterocycles. The van der Waals surface area contributed by atoms with Crippen molar-refractivity contribution in [2.45, 2.75) is 12.8 Å².